The Balaban J connectivity index is 2.02. The minimum absolute atomic E-state index is 0.0928. The van der Waals surface area contributed by atoms with Gasteiger partial charge in [0.1, 0.15) is 11.6 Å². The molecular weight excluding hydrogens is 339 g/mol. The highest BCUT2D eigenvalue weighted by molar-refractivity contribution is 5.97. The van der Waals surface area contributed by atoms with Crippen LogP contribution >= 0.6 is 0 Å². The lowest BCUT2D eigenvalue weighted by Crippen LogP contribution is -2.35. The molecule has 134 valence electrons. The molecule has 0 N–H and O–H groups in total. The van der Waals surface area contributed by atoms with Crippen LogP contribution < -0.4 is 9.64 Å². The Hall–Kier alpha value is -3.40. The van der Waals surface area contributed by atoms with Gasteiger partial charge in [-0.3, -0.25) is 4.79 Å². The Morgan fingerprint density at radius 2 is 1.77 bits per heavy atom. The van der Waals surface area contributed by atoms with E-state index in [1.807, 2.05) is 6.07 Å². The lowest BCUT2D eigenvalue weighted by Gasteiger charge is -2.21. The van der Waals surface area contributed by atoms with E-state index < -0.39 is 24.3 Å². The van der Waals surface area contributed by atoms with E-state index in [1.165, 1.54) is 48.4 Å². The molecule has 0 fully saturated rings. The van der Waals surface area contributed by atoms with Crippen molar-refractivity contribution in [2.45, 2.75) is 6.42 Å². The standard InChI is InChI=1S/C19H17FN2O4/c1-25-17-9-3-14(4-10-17)19(24)26-13-18(23)22(12-2-11-21)16-7-5-15(20)6-8-16/h3-10H,2,12-13H2,1H3. The van der Waals surface area contributed by atoms with Crippen LogP contribution in [-0.4, -0.2) is 32.1 Å². The Morgan fingerprint density at radius 3 is 2.35 bits per heavy atom. The molecule has 0 aliphatic carbocycles. The number of amides is 1. The number of methoxy groups -OCH3 is 1. The predicted molar refractivity (Wildman–Crippen MR) is 92.3 cm³/mol. The second-order valence-electron chi connectivity index (χ2n) is 5.23. The molecule has 0 radical (unpaired) electrons. The highest BCUT2D eigenvalue weighted by Crippen LogP contribution is 2.16. The van der Waals surface area contributed by atoms with E-state index >= 15 is 0 Å². The second kappa shape index (κ2) is 9.18. The van der Waals surface area contributed by atoms with Crippen LogP contribution in [0, 0.1) is 17.1 Å². The molecule has 0 spiro atoms. The van der Waals surface area contributed by atoms with Gasteiger partial charge < -0.3 is 14.4 Å². The Kier molecular flexibility index (Phi) is 6.68. The summed E-state index contributed by atoms with van der Waals surface area (Å²) in [4.78, 5) is 25.7. The van der Waals surface area contributed by atoms with Crippen LogP contribution in [0.15, 0.2) is 48.5 Å². The predicted octanol–water partition coefficient (Wildman–Crippen LogP) is 2.94. The topological polar surface area (TPSA) is 79.6 Å². The zero-order valence-corrected chi connectivity index (χ0v) is 14.1. The Labute approximate surface area is 150 Å². The van der Waals surface area contributed by atoms with Gasteiger partial charge in [-0.05, 0) is 48.5 Å². The fourth-order valence-electron chi connectivity index (χ4n) is 2.20. The molecule has 2 aromatic carbocycles. The van der Waals surface area contributed by atoms with Crippen molar-refractivity contribution in [3.63, 3.8) is 0 Å². The molecular formula is C19H17FN2O4. The van der Waals surface area contributed by atoms with Crippen molar-refractivity contribution in [3.8, 4) is 11.8 Å². The van der Waals surface area contributed by atoms with Crippen LogP contribution in [0.2, 0.25) is 0 Å². The number of hydrogen-bond donors (Lipinski definition) is 0. The molecule has 0 saturated heterocycles. The summed E-state index contributed by atoms with van der Waals surface area (Å²) in [7, 11) is 1.51. The van der Waals surface area contributed by atoms with Gasteiger partial charge in [0.2, 0.25) is 0 Å². The maximum atomic E-state index is 13.1. The molecule has 0 saturated carbocycles. The highest BCUT2D eigenvalue weighted by Gasteiger charge is 2.18. The molecule has 0 aliphatic heterocycles. The Morgan fingerprint density at radius 1 is 1.12 bits per heavy atom. The second-order valence-corrected chi connectivity index (χ2v) is 5.23. The number of benzene rings is 2. The van der Waals surface area contributed by atoms with Crippen LogP contribution in [0.4, 0.5) is 10.1 Å². The number of esters is 1. The molecule has 7 heteroatoms. The summed E-state index contributed by atoms with van der Waals surface area (Å²) >= 11 is 0. The minimum atomic E-state index is -0.652. The highest BCUT2D eigenvalue weighted by atomic mass is 19.1. The van der Waals surface area contributed by atoms with Crippen molar-refractivity contribution in [3.05, 3.63) is 59.9 Å². The van der Waals surface area contributed by atoms with Gasteiger partial charge in [-0.25, -0.2) is 9.18 Å². The number of nitrogens with zero attached hydrogens (tertiary/aromatic N) is 2. The third-order valence-corrected chi connectivity index (χ3v) is 3.54. The maximum absolute atomic E-state index is 13.1. The van der Waals surface area contributed by atoms with Crippen LogP contribution in [-0.2, 0) is 9.53 Å². The number of carbonyl (C=O) groups excluding carboxylic acids is 2. The van der Waals surface area contributed by atoms with Crippen molar-refractivity contribution >= 4 is 17.6 Å². The number of hydrogen-bond acceptors (Lipinski definition) is 5. The minimum Gasteiger partial charge on any atom is -0.497 e. The van der Waals surface area contributed by atoms with Crippen LogP contribution in [0.3, 0.4) is 0 Å². The first-order valence-electron chi connectivity index (χ1n) is 7.79. The average Bonchev–Trinajstić information content (AvgIpc) is 2.67. The van der Waals surface area contributed by atoms with Crippen LogP contribution in [0.1, 0.15) is 16.8 Å². The number of rotatable bonds is 7. The number of anilines is 1. The van der Waals surface area contributed by atoms with E-state index in [9.17, 15) is 14.0 Å². The van der Waals surface area contributed by atoms with Crippen molar-refractivity contribution in [1.29, 1.82) is 5.26 Å². The van der Waals surface area contributed by atoms with Gasteiger partial charge in [-0.15, -0.1) is 0 Å². The van der Waals surface area contributed by atoms with E-state index in [0.717, 1.165) is 0 Å². The number of nitriles is 1. The summed E-state index contributed by atoms with van der Waals surface area (Å²) in [6.07, 6.45) is 0.0928. The monoisotopic (exact) mass is 356 g/mol. The summed E-state index contributed by atoms with van der Waals surface area (Å²) in [6, 6.07) is 13.5. The molecule has 2 aromatic rings. The van der Waals surface area contributed by atoms with Crippen molar-refractivity contribution in [1.82, 2.24) is 0 Å². The molecule has 2 rings (SSSR count). The first kappa shape index (κ1) is 18.9. The van der Waals surface area contributed by atoms with E-state index in [4.69, 9.17) is 14.7 Å². The molecule has 0 bridgehead atoms. The zero-order valence-electron chi connectivity index (χ0n) is 14.1. The van der Waals surface area contributed by atoms with Gasteiger partial charge in [-0.2, -0.15) is 5.26 Å². The molecule has 0 heterocycles. The third kappa shape index (κ3) is 5.05. The van der Waals surface area contributed by atoms with E-state index in [-0.39, 0.29) is 18.5 Å². The molecule has 6 nitrogen and oxygen atoms in total. The lowest BCUT2D eigenvalue weighted by atomic mass is 10.2. The first-order chi connectivity index (χ1) is 12.5. The van der Waals surface area contributed by atoms with Crippen LogP contribution in [0.25, 0.3) is 0 Å². The van der Waals surface area contributed by atoms with E-state index in [2.05, 4.69) is 0 Å². The number of halogens is 1. The van der Waals surface area contributed by atoms with Gasteiger partial charge in [0, 0.05) is 12.2 Å². The third-order valence-electron chi connectivity index (χ3n) is 3.54. The van der Waals surface area contributed by atoms with Gasteiger partial charge in [0.25, 0.3) is 5.91 Å². The normalized spacial score (nSPS) is 9.88. The summed E-state index contributed by atoms with van der Waals surface area (Å²) in [5.74, 6) is -1.00. The molecule has 0 unspecified atom stereocenters. The van der Waals surface area contributed by atoms with E-state index in [1.54, 1.807) is 12.1 Å². The summed E-state index contributed by atoms with van der Waals surface area (Å²) in [5, 5.41) is 8.75. The summed E-state index contributed by atoms with van der Waals surface area (Å²) < 4.78 is 23.1. The fraction of sp³-hybridized carbons (Fsp3) is 0.211. The summed E-state index contributed by atoms with van der Waals surface area (Å²) in [6.45, 7) is -0.380. The number of ether oxygens (including phenoxy) is 2. The fourth-order valence-corrected chi connectivity index (χ4v) is 2.20. The molecule has 0 aliphatic rings. The molecule has 26 heavy (non-hydrogen) atoms. The Bertz CT molecular complexity index is 798. The molecule has 0 aromatic heterocycles. The zero-order chi connectivity index (χ0) is 18.9. The first-order valence-corrected chi connectivity index (χ1v) is 7.79. The van der Waals surface area contributed by atoms with Crippen LogP contribution in [0.5, 0.6) is 5.75 Å². The number of carbonyl (C=O) groups is 2. The van der Waals surface area contributed by atoms with Gasteiger partial charge >= 0.3 is 5.97 Å². The van der Waals surface area contributed by atoms with E-state index in [0.29, 0.717) is 11.4 Å². The summed E-state index contributed by atoms with van der Waals surface area (Å²) in [5.41, 5.74) is 0.705. The van der Waals surface area contributed by atoms with Gasteiger partial charge in [-0.1, -0.05) is 0 Å². The van der Waals surface area contributed by atoms with Crippen molar-refractivity contribution in [2.24, 2.45) is 0 Å². The van der Waals surface area contributed by atoms with Gasteiger partial charge in [0.05, 0.1) is 25.2 Å². The van der Waals surface area contributed by atoms with Crippen molar-refractivity contribution < 1.29 is 23.5 Å². The largest absolute Gasteiger partial charge is 0.497 e. The molecule has 1 amide bonds. The lowest BCUT2D eigenvalue weighted by molar-refractivity contribution is -0.121. The molecule has 0 atom stereocenters. The smallest absolute Gasteiger partial charge is 0.338 e. The SMILES string of the molecule is COc1ccc(C(=O)OCC(=O)N(CCC#N)c2ccc(F)cc2)cc1. The van der Waals surface area contributed by atoms with Gasteiger partial charge in [0.15, 0.2) is 6.61 Å². The van der Waals surface area contributed by atoms with Crippen molar-refractivity contribution in [2.75, 3.05) is 25.2 Å². The average molecular weight is 356 g/mol. The maximum Gasteiger partial charge on any atom is 0.338 e. The quantitative estimate of drug-likeness (QED) is 0.713.